The molecule has 0 atom stereocenters. The summed E-state index contributed by atoms with van der Waals surface area (Å²) in [6, 6.07) is 11.4. The molecule has 0 aliphatic carbocycles. The van der Waals surface area contributed by atoms with Crippen LogP contribution in [0.25, 0.3) is 22.4 Å². The summed E-state index contributed by atoms with van der Waals surface area (Å²) in [5.41, 5.74) is 1.80. The molecule has 4 rings (SSSR count). The zero-order valence-corrected chi connectivity index (χ0v) is 16.8. The van der Waals surface area contributed by atoms with Crippen molar-refractivity contribution >= 4 is 16.9 Å². The maximum absolute atomic E-state index is 13.1. The number of carboxylic acids is 1. The lowest BCUT2D eigenvalue weighted by molar-refractivity contribution is -0.142. The fourth-order valence-electron chi connectivity index (χ4n) is 3.25. The number of halogens is 1. The number of carboxylic acid groups (broad SMARTS) is 1. The van der Waals surface area contributed by atoms with E-state index in [9.17, 15) is 14.3 Å². The summed E-state index contributed by atoms with van der Waals surface area (Å²) in [6.45, 7) is 5.31. The largest absolute Gasteiger partial charge is 0.487 e. The Kier molecular flexibility index (Phi) is 4.81. The number of rotatable bonds is 6. The van der Waals surface area contributed by atoms with Gasteiger partial charge >= 0.3 is 5.97 Å². The van der Waals surface area contributed by atoms with E-state index in [2.05, 4.69) is 9.97 Å². The first-order valence-corrected chi connectivity index (χ1v) is 9.46. The van der Waals surface area contributed by atoms with Crippen molar-refractivity contribution in [1.82, 2.24) is 9.97 Å². The quantitative estimate of drug-likeness (QED) is 0.457. The van der Waals surface area contributed by atoms with Crippen molar-refractivity contribution in [1.29, 1.82) is 0 Å². The molecular formula is C23H21FN2O4. The smallest absolute Gasteiger partial charge is 0.313 e. The molecule has 6 nitrogen and oxygen atoms in total. The van der Waals surface area contributed by atoms with Crippen molar-refractivity contribution in [2.24, 2.45) is 0 Å². The SMILES string of the molecule is Cc1oc(-c2ccc(F)cc2)nc1COc1ccc2[nH]cc(C(C)(C)C(=O)O)c2c1. The zero-order valence-electron chi connectivity index (χ0n) is 16.8. The molecular weight excluding hydrogens is 387 g/mol. The number of aliphatic carboxylic acids is 1. The molecule has 2 aromatic heterocycles. The van der Waals surface area contributed by atoms with Crippen molar-refractivity contribution in [3.63, 3.8) is 0 Å². The number of oxazole rings is 1. The lowest BCUT2D eigenvalue weighted by atomic mass is 9.84. The first-order chi connectivity index (χ1) is 14.3. The molecule has 4 aromatic rings. The predicted octanol–water partition coefficient (Wildman–Crippen LogP) is 5.21. The Morgan fingerprint density at radius 1 is 1.23 bits per heavy atom. The summed E-state index contributed by atoms with van der Waals surface area (Å²) >= 11 is 0. The van der Waals surface area contributed by atoms with Gasteiger partial charge in [0.05, 0.1) is 5.41 Å². The van der Waals surface area contributed by atoms with E-state index < -0.39 is 11.4 Å². The second-order valence-corrected chi connectivity index (χ2v) is 7.66. The van der Waals surface area contributed by atoms with Crippen LogP contribution in [0.3, 0.4) is 0 Å². The molecule has 0 aliphatic heterocycles. The van der Waals surface area contributed by atoms with E-state index in [1.54, 1.807) is 39.1 Å². The van der Waals surface area contributed by atoms with Gasteiger partial charge in [0.15, 0.2) is 0 Å². The summed E-state index contributed by atoms with van der Waals surface area (Å²) < 4.78 is 24.7. The predicted molar refractivity (Wildman–Crippen MR) is 110 cm³/mol. The fourth-order valence-corrected chi connectivity index (χ4v) is 3.25. The number of aromatic nitrogens is 2. The van der Waals surface area contributed by atoms with Gasteiger partial charge in [0.25, 0.3) is 0 Å². The van der Waals surface area contributed by atoms with Crippen LogP contribution in [0.1, 0.15) is 30.9 Å². The van der Waals surface area contributed by atoms with Gasteiger partial charge in [0, 0.05) is 22.7 Å². The normalized spacial score (nSPS) is 11.7. The van der Waals surface area contributed by atoms with E-state index in [4.69, 9.17) is 9.15 Å². The first-order valence-electron chi connectivity index (χ1n) is 9.46. The van der Waals surface area contributed by atoms with Crippen molar-refractivity contribution < 1.29 is 23.4 Å². The van der Waals surface area contributed by atoms with E-state index in [0.717, 1.165) is 10.9 Å². The molecule has 0 spiro atoms. The second kappa shape index (κ2) is 7.33. The topological polar surface area (TPSA) is 88.4 Å². The molecule has 154 valence electrons. The van der Waals surface area contributed by atoms with Gasteiger partial charge in [-0.05, 0) is 68.8 Å². The van der Waals surface area contributed by atoms with E-state index in [1.807, 2.05) is 18.2 Å². The maximum Gasteiger partial charge on any atom is 0.313 e. The highest BCUT2D eigenvalue weighted by atomic mass is 19.1. The molecule has 7 heteroatoms. The molecule has 0 saturated carbocycles. The van der Waals surface area contributed by atoms with Gasteiger partial charge in [-0.25, -0.2) is 9.37 Å². The van der Waals surface area contributed by atoms with Gasteiger partial charge in [-0.15, -0.1) is 0 Å². The van der Waals surface area contributed by atoms with E-state index in [1.165, 1.54) is 12.1 Å². The van der Waals surface area contributed by atoms with Gasteiger partial charge in [0.2, 0.25) is 5.89 Å². The lowest BCUT2D eigenvalue weighted by Gasteiger charge is -2.18. The monoisotopic (exact) mass is 408 g/mol. The summed E-state index contributed by atoms with van der Waals surface area (Å²) in [4.78, 5) is 19.2. The Morgan fingerprint density at radius 3 is 2.67 bits per heavy atom. The molecule has 0 amide bonds. The van der Waals surface area contributed by atoms with E-state index >= 15 is 0 Å². The van der Waals surface area contributed by atoms with Crippen LogP contribution in [0.15, 0.2) is 53.1 Å². The minimum absolute atomic E-state index is 0.185. The Bertz CT molecular complexity index is 1220. The summed E-state index contributed by atoms with van der Waals surface area (Å²) in [6.07, 6.45) is 1.72. The molecule has 2 heterocycles. The van der Waals surface area contributed by atoms with Crippen molar-refractivity contribution in [2.45, 2.75) is 32.8 Å². The highest BCUT2D eigenvalue weighted by Crippen LogP contribution is 2.33. The standard InChI is InChI=1S/C23H21FN2O4/c1-13-20(26-21(30-13)14-4-6-15(24)7-5-14)12-29-16-8-9-19-17(10-16)18(11-25-19)23(2,3)22(27)28/h4-11,25H,12H2,1-3H3,(H,27,28). The number of fused-ring (bicyclic) bond motifs is 1. The average molecular weight is 408 g/mol. The molecule has 30 heavy (non-hydrogen) atoms. The third-order valence-electron chi connectivity index (χ3n) is 5.22. The minimum Gasteiger partial charge on any atom is -0.487 e. The van der Waals surface area contributed by atoms with Crippen molar-refractivity contribution in [3.05, 3.63) is 71.5 Å². The number of aromatic amines is 1. The lowest BCUT2D eigenvalue weighted by Crippen LogP contribution is -2.28. The molecule has 0 radical (unpaired) electrons. The number of ether oxygens (including phenoxy) is 1. The number of carbonyl (C=O) groups is 1. The highest BCUT2D eigenvalue weighted by Gasteiger charge is 2.32. The number of nitrogens with one attached hydrogen (secondary N) is 1. The van der Waals surface area contributed by atoms with Gasteiger partial charge in [0.1, 0.15) is 29.6 Å². The number of hydrogen-bond donors (Lipinski definition) is 2. The highest BCUT2D eigenvalue weighted by molar-refractivity contribution is 5.92. The number of hydrogen-bond acceptors (Lipinski definition) is 4. The van der Waals surface area contributed by atoms with Gasteiger partial charge < -0.3 is 19.2 Å². The first kappa shape index (κ1) is 19.7. The third-order valence-corrected chi connectivity index (χ3v) is 5.22. The average Bonchev–Trinajstić information content (AvgIpc) is 3.30. The Balaban J connectivity index is 1.57. The van der Waals surface area contributed by atoms with Crippen LogP contribution < -0.4 is 4.74 Å². The van der Waals surface area contributed by atoms with Crippen LogP contribution in [0.4, 0.5) is 4.39 Å². The molecule has 0 aliphatic rings. The molecule has 2 N–H and O–H groups in total. The van der Waals surface area contributed by atoms with Crippen LogP contribution in [0, 0.1) is 12.7 Å². The molecule has 0 bridgehead atoms. The zero-order chi connectivity index (χ0) is 21.5. The summed E-state index contributed by atoms with van der Waals surface area (Å²) in [5, 5.41) is 10.3. The molecule has 0 saturated heterocycles. The minimum atomic E-state index is -1.04. The van der Waals surface area contributed by atoms with Crippen LogP contribution >= 0.6 is 0 Å². The van der Waals surface area contributed by atoms with Crippen LogP contribution in [0.5, 0.6) is 5.75 Å². The van der Waals surface area contributed by atoms with Crippen molar-refractivity contribution in [2.75, 3.05) is 0 Å². The Morgan fingerprint density at radius 2 is 1.97 bits per heavy atom. The molecule has 0 fully saturated rings. The second-order valence-electron chi connectivity index (χ2n) is 7.66. The summed E-state index contributed by atoms with van der Waals surface area (Å²) in [7, 11) is 0. The number of H-pyrrole nitrogens is 1. The van der Waals surface area contributed by atoms with Gasteiger partial charge in [-0.3, -0.25) is 4.79 Å². The van der Waals surface area contributed by atoms with Crippen molar-refractivity contribution in [3.8, 4) is 17.2 Å². The van der Waals surface area contributed by atoms with Gasteiger partial charge in [-0.1, -0.05) is 0 Å². The van der Waals surface area contributed by atoms with Crippen LogP contribution in [-0.2, 0) is 16.8 Å². The number of benzene rings is 2. The molecule has 2 aromatic carbocycles. The molecule has 0 unspecified atom stereocenters. The van der Waals surface area contributed by atoms with Crippen LogP contribution in [-0.4, -0.2) is 21.0 Å². The van der Waals surface area contributed by atoms with Gasteiger partial charge in [-0.2, -0.15) is 0 Å². The Labute approximate surface area is 172 Å². The van der Waals surface area contributed by atoms with Crippen LogP contribution in [0.2, 0.25) is 0 Å². The fraction of sp³-hybridized carbons (Fsp3) is 0.217. The van der Waals surface area contributed by atoms with E-state index in [0.29, 0.717) is 34.2 Å². The van der Waals surface area contributed by atoms with E-state index in [-0.39, 0.29) is 12.4 Å². The summed E-state index contributed by atoms with van der Waals surface area (Å²) in [5.74, 6) is 0.384. The number of aryl methyl sites for hydroxylation is 1. The Hall–Kier alpha value is -3.61. The number of nitrogens with zero attached hydrogens (tertiary/aromatic N) is 1. The third kappa shape index (κ3) is 3.54. The maximum atomic E-state index is 13.1.